The summed E-state index contributed by atoms with van der Waals surface area (Å²) in [6, 6.07) is 9.60. The molecule has 1 N–H and O–H groups in total. The highest BCUT2D eigenvalue weighted by Gasteiger charge is 2.23. The molecule has 0 aromatic heterocycles. The normalized spacial score (nSPS) is 20.8. The van der Waals surface area contributed by atoms with Crippen molar-refractivity contribution < 1.29 is 13.2 Å². The summed E-state index contributed by atoms with van der Waals surface area (Å²) < 4.78 is 22.4. The van der Waals surface area contributed by atoms with Gasteiger partial charge in [-0.15, -0.1) is 0 Å². The average Bonchev–Trinajstić information content (AvgIpc) is 2.67. The minimum atomic E-state index is -3.07. The molecule has 1 aliphatic rings. The van der Waals surface area contributed by atoms with E-state index in [0.717, 1.165) is 5.56 Å². The zero-order valence-electron chi connectivity index (χ0n) is 9.87. The van der Waals surface area contributed by atoms with E-state index >= 15 is 0 Å². The van der Waals surface area contributed by atoms with Crippen LogP contribution < -0.4 is 5.32 Å². The van der Waals surface area contributed by atoms with E-state index in [4.69, 9.17) is 0 Å². The Morgan fingerprint density at radius 2 is 2.00 bits per heavy atom. The van der Waals surface area contributed by atoms with E-state index < -0.39 is 9.84 Å². The van der Waals surface area contributed by atoms with E-state index in [1.54, 1.807) is 6.08 Å². The standard InChI is InChI=1S/C13H15NO3S/c15-13(8-12-6-7-18(16,17)10-12)14-9-11-4-2-1-3-5-11/h1-7,12H,8-10H2,(H,14,15). The molecular weight excluding hydrogens is 250 g/mol. The van der Waals surface area contributed by atoms with Gasteiger partial charge in [0.05, 0.1) is 5.75 Å². The summed E-state index contributed by atoms with van der Waals surface area (Å²) in [5, 5.41) is 3.98. The van der Waals surface area contributed by atoms with E-state index in [2.05, 4.69) is 5.32 Å². The lowest BCUT2D eigenvalue weighted by Crippen LogP contribution is -2.25. The summed E-state index contributed by atoms with van der Waals surface area (Å²) in [6.45, 7) is 0.475. The van der Waals surface area contributed by atoms with Crippen LogP contribution in [0.5, 0.6) is 0 Å². The lowest BCUT2D eigenvalue weighted by molar-refractivity contribution is -0.121. The number of nitrogens with one attached hydrogen (secondary N) is 1. The van der Waals surface area contributed by atoms with Gasteiger partial charge in [-0.05, 0) is 5.56 Å². The van der Waals surface area contributed by atoms with Crippen LogP contribution in [-0.4, -0.2) is 20.1 Å². The minimum Gasteiger partial charge on any atom is -0.352 e. The molecule has 0 bridgehead atoms. The van der Waals surface area contributed by atoms with E-state index in [9.17, 15) is 13.2 Å². The highest BCUT2D eigenvalue weighted by atomic mass is 32.2. The first-order valence-electron chi connectivity index (χ1n) is 5.77. The molecule has 1 aliphatic heterocycles. The van der Waals surface area contributed by atoms with Crippen LogP contribution in [0.3, 0.4) is 0 Å². The molecular formula is C13H15NO3S. The highest BCUT2D eigenvalue weighted by molar-refractivity contribution is 7.94. The number of benzene rings is 1. The number of hydrogen-bond acceptors (Lipinski definition) is 3. The van der Waals surface area contributed by atoms with Gasteiger partial charge < -0.3 is 5.32 Å². The van der Waals surface area contributed by atoms with Crippen LogP contribution in [0.2, 0.25) is 0 Å². The number of carbonyl (C=O) groups is 1. The van der Waals surface area contributed by atoms with Crippen molar-refractivity contribution in [2.75, 3.05) is 5.75 Å². The number of sulfone groups is 1. The Labute approximate surface area is 107 Å². The number of amides is 1. The molecule has 0 radical (unpaired) electrons. The van der Waals surface area contributed by atoms with Crippen molar-refractivity contribution in [1.82, 2.24) is 5.32 Å². The largest absolute Gasteiger partial charge is 0.352 e. The molecule has 18 heavy (non-hydrogen) atoms. The molecule has 0 aliphatic carbocycles. The van der Waals surface area contributed by atoms with Gasteiger partial charge in [-0.3, -0.25) is 4.79 Å². The van der Waals surface area contributed by atoms with Crippen LogP contribution in [0, 0.1) is 5.92 Å². The number of carbonyl (C=O) groups excluding carboxylic acids is 1. The van der Waals surface area contributed by atoms with Gasteiger partial charge in [0.2, 0.25) is 5.91 Å². The number of rotatable bonds is 4. The summed E-state index contributed by atoms with van der Waals surface area (Å²) in [6.07, 6.45) is 1.82. The zero-order chi connectivity index (χ0) is 13.0. The van der Waals surface area contributed by atoms with E-state index in [1.165, 1.54) is 5.41 Å². The fourth-order valence-corrected chi connectivity index (χ4v) is 3.27. The predicted octanol–water partition coefficient (Wildman–Crippen LogP) is 1.25. The van der Waals surface area contributed by atoms with Crippen molar-refractivity contribution in [3.8, 4) is 0 Å². The first-order chi connectivity index (χ1) is 8.55. The molecule has 0 saturated carbocycles. The Hall–Kier alpha value is -1.62. The second-order valence-electron chi connectivity index (χ2n) is 4.38. The molecule has 1 atom stereocenters. The first-order valence-corrected chi connectivity index (χ1v) is 7.48. The van der Waals surface area contributed by atoms with Gasteiger partial charge in [0.15, 0.2) is 9.84 Å². The number of hydrogen-bond donors (Lipinski definition) is 1. The third kappa shape index (κ3) is 3.70. The fraction of sp³-hybridized carbons (Fsp3) is 0.308. The maximum absolute atomic E-state index is 11.6. The Balaban J connectivity index is 1.79. The highest BCUT2D eigenvalue weighted by Crippen LogP contribution is 2.17. The second kappa shape index (κ2) is 5.35. The quantitative estimate of drug-likeness (QED) is 0.891. The Bertz CT molecular complexity index is 549. The van der Waals surface area contributed by atoms with Gasteiger partial charge in [-0.1, -0.05) is 36.4 Å². The summed E-state index contributed by atoms with van der Waals surface area (Å²) in [5.74, 6) is -0.262. The third-order valence-electron chi connectivity index (χ3n) is 2.78. The van der Waals surface area contributed by atoms with E-state index in [1.807, 2.05) is 30.3 Å². The van der Waals surface area contributed by atoms with E-state index in [-0.39, 0.29) is 24.0 Å². The molecule has 1 aromatic carbocycles. The summed E-state index contributed by atoms with van der Waals surface area (Å²) in [7, 11) is -3.07. The van der Waals surface area contributed by atoms with Crippen molar-refractivity contribution in [2.24, 2.45) is 5.92 Å². The summed E-state index contributed by atoms with van der Waals surface area (Å²) >= 11 is 0. The van der Waals surface area contributed by atoms with Crippen LogP contribution in [-0.2, 0) is 21.2 Å². The zero-order valence-corrected chi connectivity index (χ0v) is 10.7. The molecule has 1 heterocycles. The second-order valence-corrected chi connectivity index (χ2v) is 6.32. The van der Waals surface area contributed by atoms with Gasteiger partial charge >= 0.3 is 0 Å². The molecule has 4 nitrogen and oxygen atoms in total. The molecule has 5 heteroatoms. The van der Waals surface area contributed by atoms with Crippen LogP contribution in [0.4, 0.5) is 0 Å². The first kappa shape index (κ1) is 12.8. The lowest BCUT2D eigenvalue weighted by atomic mass is 10.1. The van der Waals surface area contributed by atoms with Crippen molar-refractivity contribution in [1.29, 1.82) is 0 Å². The molecule has 1 unspecified atom stereocenters. The maximum atomic E-state index is 11.6. The van der Waals surface area contributed by atoms with Crippen molar-refractivity contribution in [3.63, 3.8) is 0 Å². The predicted molar refractivity (Wildman–Crippen MR) is 69.3 cm³/mol. The molecule has 0 spiro atoms. The molecule has 0 fully saturated rings. The monoisotopic (exact) mass is 265 g/mol. The van der Waals surface area contributed by atoms with Crippen LogP contribution in [0.1, 0.15) is 12.0 Å². The Morgan fingerprint density at radius 1 is 1.28 bits per heavy atom. The van der Waals surface area contributed by atoms with Crippen LogP contribution >= 0.6 is 0 Å². The minimum absolute atomic E-state index is 0.0474. The smallest absolute Gasteiger partial charge is 0.220 e. The van der Waals surface area contributed by atoms with E-state index in [0.29, 0.717) is 6.54 Å². The molecule has 2 rings (SSSR count). The van der Waals surface area contributed by atoms with Gasteiger partial charge in [0, 0.05) is 24.3 Å². The average molecular weight is 265 g/mol. The van der Waals surface area contributed by atoms with Crippen molar-refractivity contribution >= 4 is 15.7 Å². The van der Waals surface area contributed by atoms with Crippen molar-refractivity contribution in [2.45, 2.75) is 13.0 Å². The third-order valence-corrected chi connectivity index (χ3v) is 4.25. The van der Waals surface area contributed by atoms with Crippen LogP contribution in [0.15, 0.2) is 41.8 Å². The van der Waals surface area contributed by atoms with Gasteiger partial charge in [-0.25, -0.2) is 8.42 Å². The van der Waals surface area contributed by atoms with Gasteiger partial charge in [0.1, 0.15) is 0 Å². The maximum Gasteiger partial charge on any atom is 0.220 e. The molecule has 0 saturated heterocycles. The lowest BCUT2D eigenvalue weighted by Gasteiger charge is -2.08. The Morgan fingerprint density at radius 3 is 2.61 bits per heavy atom. The SMILES string of the molecule is O=C(CC1C=CS(=O)(=O)C1)NCc1ccccc1. The summed E-state index contributed by atoms with van der Waals surface area (Å²) in [4.78, 5) is 11.6. The van der Waals surface area contributed by atoms with Crippen LogP contribution in [0.25, 0.3) is 0 Å². The van der Waals surface area contributed by atoms with Gasteiger partial charge in [-0.2, -0.15) is 0 Å². The summed E-state index contributed by atoms with van der Waals surface area (Å²) in [5.41, 5.74) is 1.03. The van der Waals surface area contributed by atoms with Gasteiger partial charge in [0.25, 0.3) is 0 Å². The molecule has 1 amide bonds. The van der Waals surface area contributed by atoms with Crippen molar-refractivity contribution in [3.05, 3.63) is 47.4 Å². The fourth-order valence-electron chi connectivity index (χ4n) is 1.87. The Kier molecular flexibility index (Phi) is 3.81. The number of allylic oxidation sites excluding steroid dienone is 1. The molecule has 96 valence electrons. The molecule has 1 aromatic rings. The topological polar surface area (TPSA) is 63.2 Å².